The first-order valence-corrected chi connectivity index (χ1v) is 9.52. The highest BCUT2D eigenvalue weighted by molar-refractivity contribution is 5.88. The van der Waals surface area contributed by atoms with Gasteiger partial charge in [0.15, 0.2) is 5.82 Å². The van der Waals surface area contributed by atoms with Gasteiger partial charge in [0.25, 0.3) is 0 Å². The van der Waals surface area contributed by atoms with Crippen molar-refractivity contribution in [2.45, 2.75) is 39.7 Å². The Morgan fingerprint density at radius 1 is 1.17 bits per heavy atom. The maximum absolute atomic E-state index is 11.1. The van der Waals surface area contributed by atoms with Gasteiger partial charge in [-0.15, -0.1) is 0 Å². The van der Waals surface area contributed by atoms with Crippen LogP contribution in [0, 0.1) is 18.3 Å². The molecule has 0 aliphatic heterocycles. The molecule has 0 atom stereocenters. The lowest BCUT2D eigenvalue weighted by Crippen LogP contribution is -2.12. The number of aromatic carboxylic acids is 1. The molecule has 1 aromatic heterocycles. The predicted octanol–water partition coefficient (Wildman–Crippen LogP) is 4.90. The lowest BCUT2D eigenvalue weighted by Gasteiger charge is -2.20. The van der Waals surface area contributed by atoms with Gasteiger partial charge in [-0.3, -0.25) is 0 Å². The minimum atomic E-state index is -1.05. The second-order valence-corrected chi connectivity index (χ2v) is 8.04. The van der Waals surface area contributed by atoms with Gasteiger partial charge >= 0.3 is 5.97 Å². The van der Waals surface area contributed by atoms with Crippen LogP contribution in [0.1, 0.15) is 53.5 Å². The van der Waals surface area contributed by atoms with Crippen LogP contribution in [0.25, 0.3) is 11.4 Å². The smallest absolute Gasteiger partial charge is 0.339 e. The van der Waals surface area contributed by atoms with Crippen LogP contribution in [-0.2, 0) is 12.0 Å². The van der Waals surface area contributed by atoms with Crippen molar-refractivity contribution in [1.29, 1.82) is 5.26 Å². The largest absolute Gasteiger partial charge is 0.489 e. The Labute approximate surface area is 175 Å². The first kappa shape index (κ1) is 21.0. The van der Waals surface area contributed by atoms with E-state index in [9.17, 15) is 10.1 Å². The number of benzene rings is 2. The average molecular weight is 401 g/mol. The van der Waals surface area contributed by atoms with Crippen LogP contribution in [0.5, 0.6) is 5.75 Å². The molecule has 0 saturated heterocycles. The topological polar surface area (TPSA) is 96.1 Å². The van der Waals surface area contributed by atoms with Crippen molar-refractivity contribution in [3.63, 3.8) is 0 Å². The standard InChI is InChI=1S/C24H23N3O3/c1-15-21(23(28)29)13-26-22(27-15)16-6-9-20(10-7-16)30-14-17-5-8-19(24(2,3)4)11-18(17)12-25/h5-11,13H,14H2,1-4H3,(H,28,29). The molecule has 30 heavy (non-hydrogen) atoms. The van der Waals surface area contributed by atoms with Crippen LogP contribution in [0.15, 0.2) is 48.7 Å². The van der Waals surface area contributed by atoms with Crippen molar-refractivity contribution < 1.29 is 14.6 Å². The highest BCUT2D eigenvalue weighted by atomic mass is 16.5. The third kappa shape index (κ3) is 4.64. The molecule has 2 aromatic carbocycles. The SMILES string of the molecule is Cc1nc(-c2ccc(OCc3ccc(C(C)(C)C)cc3C#N)cc2)ncc1C(=O)O. The zero-order valence-corrected chi connectivity index (χ0v) is 17.4. The van der Waals surface area contributed by atoms with Crippen molar-refractivity contribution >= 4 is 5.97 Å². The summed E-state index contributed by atoms with van der Waals surface area (Å²) in [6, 6.07) is 15.4. The van der Waals surface area contributed by atoms with Crippen LogP contribution >= 0.6 is 0 Å². The van der Waals surface area contributed by atoms with E-state index >= 15 is 0 Å². The van der Waals surface area contributed by atoms with Crippen molar-refractivity contribution in [2.24, 2.45) is 0 Å². The number of hydrogen-bond acceptors (Lipinski definition) is 5. The third-order valence-electron chi connectivity index (χ3n) is 4.81. The third-order valence-corrected chi connectivity index (χ3v) is 4.81. The first-order chi connectivity index (χ1) is 14.2. The fourth-order valence-corrected chi connectivity index (χ4v) is 2.95. The van der Waals surface area contributed by atoms with Gasteiger partial charge in [0.2, 0.25) is 0 Å². The van der Waals surface area contributed by atoms with Gasteiger partial charge in [-0.25, -0.2) is 14.8 Å². The maximum Gasteiger partial charge on any atom is 0.339 e. The van der Waals surface area contributed by atoms with Crippen LogP contribution < -0.4 is 4.74 Å². The summed E-state index contributed by atoms with van der Waals surface area (Å²) in [4.78, 5) is 19.5. The monoisotopic (exact) mass is 401 g/mol. The molecule has 152 valence electrons. The second kappa shape index (κ2) is 8.34. The zero-order valence-electron chi connectivity index (χ0n) is 17.4. The van der Waals surface area contributed by atoms with Gasteiger partial charge in [0.1, 0.15) is 12.4 Å². The van der Waals surface area contributed by atoms with Crippen LogP contribution in [0.3, 0.4) is 0 Å². The van der Waals surface area contributed by atoms with E-state index < -0.39 is 5.97 Å². The zero-order chi connectivity index (χ0) is 21.9. The highest BCUT2D eigenvalue weighted by Gasteiger charge is 2.16. The van der Waals surface area contributed by atoms with Crippen molar-refractivity contribution in [3.05, 3.63) is 76.6 Å². The lowest BCUT2D eigenvalue weighted by molar-refractivity contribution is 0.0695. The summed E-state index contributed by atoms with van der Waals surface area (Å²) in [5, 5.41) is 18.6. The molecule has 3 rings (SSSR count). The summed E-state index contributed by atoms with van der Waals surface area (Å²) in [5.74, 6) is 0.0603. The molecule has 3 aromatic rings. The normalized spacial score (nSPS) is 11.0. The number of rotatable bonds is 5. The first-order valence-electron chi connectivity index (χ1n) is 9.52. The Bertz CT molecular complexity index is 1120. The molecule has 0 spiro atoms. The molecule has 1 heterocycles. The number of carbonyl (C=O) groups is 1. The number of nitrogens with zero attached hydrogens (tertiary/aromatic N) is 3. The summed E-state index contributed by atoms with van der Waals surface area (Å²) in [6.07, 6.45) is 1.31. The molecular formula is C24H23N3O3. The fourth-order valence-electron chi connectivity index (χ4n) is 2.95. The minimum absolute atomic E-state index is 0.0239. The van der Waals surface area contributed by atoms with E-state index in [1.54, 1.807) is 19.1 Å². The molecule has 0 fully saturated rings. The van der Waals surface area contributed by atoms with Gasteiger partial charge in [0, 0.05) is 17.3 Å². The molecule has 0 aliphatic carbocycles. The van der Waals surface area contributed by atoms with Crippen LogP contribution in [-0.4, -0.2) is 21.0 Å². The molecule has 0 aliphatic rings. The predicted molar refractivity (Wildman–Crippen MR) is 113 cm³/mol. The summed E-state index contributed by atoms with van der Waals surface area (Å²) in [7, 11) is 0. The highest BCUT2D eigenvalue weighted by Crippen LogP contribution is 2.26. The number of aromatic nitrogens is 2. The molecule has 6 nitrogen and oxygen atoms in total. The fraction of sp³-hybridized carbons (Fsp3) is 0.250. The van der Waals surface area contributed by atoms with E-state index in [1.165, 1.54) is 6.20 Å². The number of carboxylic acids is 1. The molecule has 6 heteroatoms. The molecule has 0 saturated carbocycles. The lowest BCUT2D eigenvalue weighted by atomic mass is 9.85. The van der Waals surface area contributed by atoms with Crippen molar-refractivity contribution in [1.82, 2.24) is 9.97 Å². The number of hydrogen-bond donors (Lipinski definition) is 1. The van der Waals surface area contributed by atoms with Gasteiger partial charge < -0.3 is 9.84 Å². The summed E-state index contributed by atoms with van der Waals surface area (Å²) in [6.45, 7) is 8.27. The summed E-state index contributed by atoms with van der Waals surface area (Å²) < 4.78 is 5.86. The Kier molecular flexibility index (Phi) is 5.84. The van der Waals surface area contributed by atoms with Gasteiger partial charge in [-0.2, -0.15) is 5.26 Å². The Morgan fingerprint density at radius 2 is 1.87 bits per heavy atom. The second-order valence-electron chi connectivity index (χ2n) is 8.04. The Hall–Kier alpha value is -3.72. The van der Waals surface area contributed by atoms with Crippen molar-refractivity contribution in [2.75, 3.05) is 0 Å². The van der Waals surface area contributed by atoms with Crippen LogP contribution in [0.2, 0.25) is 0 Å². The molecule has 0 bridgehead atoms. The quantitative estimate of drug-likeness (QED) is 0.653. The number of aryl methyl sites for hydroxylation is 1. The van der Waals surface area contributed by atoms with Gasteiger partial charge in [-0.05, 0) is 48.2 Å². The summed E-state index contributed by atoms with van der Waals surface area (Å²) in [5.41, 5.74) is 3.79. The van der Waals surface area contributed by atoms with Crippen molar-refractivity contribution in [3.8, 4) is 23.2 Å². The number of ether oxygens (including phenoxy) is 1. The molecule has 0 radical (unpaired) electrons. The minimum Gasteiger partial charge on any atom is -0.489 e. The molecule has 1 N–H and O–H groups in total. The van der Waals surface area contributed by atoms with E-state index in [2.05, 4.69) is 36.8 Å². The van der Waals surface area contributed by atoms with Gasteiger partial charge in [0.05, 0.1) is 22.9 Å². The van der Waals surface area contributed by atoms with Crippen LogP contribution in [0.4, 0.5) is 0 Å². The number of nitriles is 1. The van der Waals surface area contributed by atoms with E-state index in [0.29, 0.717) is 22.8 Å². The molecule has 0 amide bonds. The van der Waals surface area contributed by atoms with E-state index in [1.807, 2.05) is 30.3 Å². The summed E-state index contributed by atoms with van der Waals surface area (Å²) >= 11 is 0. The van der Waals surface area contributed by atoms with E-state index in [4.69, 9.17) is 9.84 Å². The van der Waals surface area contributed by atoms with Gasteiger partial charge in [-0.1, -0.05) is 32.9 Å². The molecular weight excluding hydrogens is 378 g/mol. The Morgan fingerprint density at radius 3 is 2.43 bits per heavy atom. The maximum atomic E-state index is 11.1. The average Bonchev–Trinajstić information content (AvgIpc) is 2.71. The number of carboxylic acid groups (broad SMARTS) is 1. The molecule has 0 unspecified atom stereocenters. The van der Waals surface area contributed by atoms with E-state index in [-0.39, 0.29) is 17.6 Å². The van der Waals surface area contributed by atoms with E-state index in [0.717, 1.165) is 16.7 Å². The Balaban J connectivity index is 1.73.